The Bertz CT molecular complexity index is 642. The van der Waals surface area contributed by atoms with Crippen LogP contribution < -0.4 is 5.32 Å². The Morgan fingerprint density at radius 3 is 2.00 bits per heavy atom. The Kier molecular flexibility index (Phi) is 2.85. The van der Waals surface area contributed by atoms with Gasteiger partial charge in [0.15, 0.2) is 0 Å². The van der Waals surface area contributed by atoms with Crippen molar-refractivity contribution in [3.63, 3.8) is 0 Å². The summed E-state index contributed by atoms with van der Waals surface area (Å²) < 4.78 is 0. The molecule has 2 bridgehead atoms. The normalized spacial score (nSPS) is 26.2. The van der Waals surface area contributed by atoms with E-state index in [2.05, 4.69) is 29.6 Å². The molecule has 0 saturated heterocycles. The largest absolute Gasteiger partial charge is 0.316 e. The molecule has 102 valence electrons. The van der Waals surface area contributed by atoms with Crippen LogP contribution in [0.4, 0.5) is 0 Å². The van der Waals surface area contributed by atoms with Crippen molar-refractivity contribution in [2.45, 2.75) is 24.3 Å². The minimum absolute atomic E-state index is 0.310. The third-order valence-corrected chi connectivity index (χ3v) is 5.46. The van der Waals surface area contributed by atoms with Gasteiger partial charge < -0.3 is 5.32 Å². The lowest BCUT2D eigenvalue weighted by Crippen LogP contribution is -2.43. The van der Waals surface area contributed by atoms with E-state index in [1.165, 1.54) is 22.3 Å². The predicted molar refractivity (Wildman–Crippen MR) is 84.1 cm³/mol. The van der Waals surface area contributed by atoms with Gasteiger partial charge in [0.05, 0.1) is 0 Å². The highest BCUT2D eigenvalue weighted by atomic mass is 35.5. The highest BCUT2D eigenvalue weighted by Gasteiger charge is 2.44. The Morgan fingerprint density at radius 1 is 0.950 bits per heavy atom. The molecule has 0 spiro atoms. The van der Waals surface area contributed by atoms with Gasteiger partial charge in [0.2, 0.25) is 0 Å². The number of fused-ring (bicyclic) bond motifs is 1. The number of halogens is 2. The summed E-state index contributed by atoms with van der Waals surface area (Å²) in [5.41, 5.74) is 5.29. The summed E-state index contributed by atoms with van der Waals surface area (Å²) in [6, 6.07) is 13.0. The quantitative estimate of drug-likeness (QED) is 0.814. The van der Waals surface area contributed by atoms with Crippen molar-refractivity contribution in [3.05, 3.63) is 68.7 Å². The van der Waals surface area contributed by atoms with E-state index in [4.69, 9.17) is 23.2 Å². The van der Waals surface area contributed by atoms with E-state index in [0.717, 1.165) is 16.5 Å². The van der Waals surface area contributed by atoms with Crippen molar-refractivity contribution in [2.24, 2.45) is 0 Å². The van der Waals surface area contributed by atoms with Crippen molar-refractivity contribution in [3.8, 4) is 0 Å². The molecule has 1 nitrogen and oxygen atoms in total. The van der Waals surface area contributed by atoms with Crippen LogP contribution in [0.25, 0.3) is 0 Å². The lowest BCUT2D eigenvalue weighted by molar-refractivity contribution is 0.395. The van der Waals surface area contributed by atoms with Gasteiger partial charge in [0.25, 0.3) is 0 Å². The minimum Gasteiger partial charge on any atom is -0.316 e. The van der Waals surface area contributed by atoms with E-state index in [9.17, 15) is 0 Å². The van der Waals surface area contributed by atoms with Crippen molar-refractivity contribution in [1.82, 2.24) is 5.32 Å². The molecule has 20 heavy (non-hydrogen) atoms. The molecule has 0 fully saturated rings. The lowest BCUT2D eigenvalue weighted by Gasteiger charge is -2.46. The zero-order valence-electron chi connectivity index (χ0n) is 11.2. The number of rotatable bonds is 1. The molecule has 3 heteroatoms. The third-order valence-electron chi connectivity index (χ3n) is 4.80. The van der Waals surface area contributed by atoms with Gasteiger partial charge in [-0.15, -0.1) is 0 Å². The number of benzene rings is 2. The first kappa shape index (κ1) is 12.7. The highest BCUT2D eigenvalue weighted by molar-refractivity contribution is 6.32. The summed E-state index contributed by atoms with van der Waals surface area (Å²) in [5.74, 6) is 0.664. The monoisotopic (exact) mass is 303 g/mol. The van der Waals surface area contributed by atoms with Crippen LogP contribution in [0.2, 0.25) is 10.0 Å². The SMILES string of the molecule is CNC1CC2c3c(Cl)cccc3C1c1cccc(Cl)c12. The van der Waals surface area contributed by atoms with Crippen LogP contribution in [0.15, 0.2) is 36.4 Å². The molecular weight excluding hydrogens is 289 g/mol. The van der Waals surface area contributed by atoms with Gasteiger partial charge in [-0.1, -0.05) is 47.5 Å². The number of likely N-dealkylation sites (N-methyl/N-ethyl adjacent to an activating group) is 1. The molecule has 3 aliphatic carbocycles. The maximum Gasteiger partial charge on any atom is 0.0447 e. The molecule has 0 saturated carbocycles. The van der Waals surface area contributed by atoms with Gasteiger partial charge in [0.1, 0.15) is 0 Å². The topological polar surface area (TPSA) is 12.0 Å². The average Bonchev–Trinajstić information content (AvgIpc) is 2.47. The van der Waals surface area contributed by atoms with Crippen LogP contribution in [0.1, 0.15) is 40.5 Å². The molecule has 1 unspecified atom stereocenters. The number of hydrogen-bond donors (Lipinski definition) is 1. The third kappa shape index (κ3) is 1.54. The first-order chi connectivity index (χ1) is 9.72. The van der Waals surface area contributed by atoms with Crippen LogP contribution in [-0.4, -0.2) is 13.1 Å². The Balaban J connectivity index is 2.04. The van der Waals surface area contributed by atoms with Gasteiger partial charge in [-0.3, -0.25) is 0 Å². The smallest absolute Gasteiger partial charge is 0.0447 e. The van der Waals surface area contributed by atoms with Crippen LogP contribution in [-0.2, 0) is 0 Å². The maximum atomic E-state index is 6.48. The molecule has 0 aliphatic heterocycles. The lowest BCUT2D eigenvalue weighted by atomic mass is 9.61. The van der Waals surface area contributed by atoms with Crippen LogP contribution in [0.5, 0.6) is 0 Å². The van der Waals surface area contributed by atoms with Crippen LogP contribution in [0.3, 0.4) is 0 Å². The summed E-state index contributed by atoms with van der Waals surface area (Å²) >= 11 is 13.0. The van der Waals surface area contributed by atoms with Gasteiger partial charge in [-0.2, -0.15) is 0 Å². The van der Waals surface area contributed by atoms with E-state index in [0.29, 0.717) is 17.9 Å². The van der Waals surface area contributed by atoms with Crippen LogP contribution >= 0.6 is 23.2 Å². The molecule has 0 heterocycles. The van der Waals surface area contributed by atoms with E-state index < -0.39 is 0 Å². The second-order valence-corrected chi connectivity index (χ2v) is 6.46. The van der Waals surface area contributed by atoms with E-state index in [1.807, 2.05) is 19.2 Å². The second-order valence-electron chi connectivity index (χ2n) is 5.65. The first-order valence-electron chi connectivity index (χ1n) is 6.96. The molecular formula is C17H15Cl2N. The van der Waals surface area contributed by atoms with Gasteiger partial charge in [0, 0.05) is 27.9 Å². The predicted octanol–water partition coefficient (Wildman–Crippen LogP) is 4.56. The summed E-state index contributed by atoms with van der Waals surface area (Å²) in [6.07, 6.45) is 1.06. The highest BCUT2D eigenvalue weighted by Crippen LogP contribution is 2.55. The van der Waals surface area contributed by atoms with E-state index in [-0.39, 0.29) is 0 Å². The number of hydrogen-bond acceptors (Lipinski definition) is 1. The molecule has 3 aliphatic rings. The fourth-order valence-corrected chi connectivity index (χ4v) is 4.67. The summed E-state index contributed by atoms with van der Waals surface area (Å²) in [5, 5.41) is 5.22. The molecule has 5 rings (SSSR count). The molecule has 1 N–H and O–H groups in total. The van der Waals surface area contributed by atoms with Crippen molar-refractivity contribution in [1.29, 1.82) is 0 Å². The standard InChI is InChI=1S/C17H15Cl2N/c1-20-14-8-11-15-9(4-2-6-12(15)18)17(14)10-5-3-7-13(19)16(10)11/h2-7,11,14,17,20H,8H2,1H3. The molecule has 1 atom stereocenters. The fourth-order valence-electron chi connectivity index (χ4n) is 4.04. The average molecular weight is 304 g/mol. The molecule has 2 aromatic carbocycles. The maximum absolute atomic E-state index is 6.48. The van der Waals surface area contributed by atoms with Crippen molar-refractivity contribution >= 4 is 23.2 Å². The van der Waals surface area contributed by atoms with Gasteiger partial charge in [-0.25, -0.2) is 0 Å². The van der Waals surface area contributed by atoms with Gasteiger partial charge >= 0.3 is 0 Å². The molecule has 0 amide bonds. The zero-order chi connectivity index (χ0) is 13.9. The van der Waals surface area contributed by atoms with Crippen molar-refractivity contribution in [2.75, 3.05) is 7.05 Å². The first-order valence-corrected chi connectivity index (χ1v) is 7.72. The number of nitrogens with one attached hydrogen (secondary N) is 1. The zero-order valence-corrected chi connectivity index (χ0v) is 12.7. The van der Waals surface area contributed by atoms with Gasteiger partial charge in [-0.05, 0) is 47.9 Å². The fraction of sp³-hybridized carbons (Fsp3) is 0.294. The summed E-state index contributed by atoms with van der Waals surface area (Å²) in [4.78, 5) is 0. The Labute approximate surface area is 128 Å². The summed E-state index contributed by atoms with van der Waals surface area (Å²) in [7, 11) is 2.04. The molecule has 2 aromatic rings. The van der Waals surface area contributed by atoms with Crippen molar-refractivity contribution < 1.29 is 0 Å². The molecule has 0 radical (unpaired) electrons. The minimum atomic E-state index is 0.310. The Hall–Kier alpha value is -1.02. The van der Waals surface area contributed by atoms with Crippen LogP contribution in [0, 0.1) is 0 Å². The Morgan fingerprint density at radius 2 is 1.50 bits per heavy atom. The van der Waals surface area contributed by atoms with E-state index >= 15 is 0 Å². The van der Waals surface area contributed by atoms with E-state index in [1.54, 1.807) is 0 Å². The summed E-state index contributed by atoms with van der Waals surface area (Å²) in [6.45, 7) is 0. The second kappa shape index (κ2) is 4.49. The molecule has 0 aromatic heterocycles.